The zero-order chi connectivity index (χ0) is 18.7. The lowest BCUT2D eigenvalue weighted by Crippen LogP contribution is -2.52. The Morgan fingerprint density at radius 1 is 1.27 bits per heavy atom. The summed E-state index contributed by atoms with van der Waals surface area (Å²) in [6, 6.07) is 5.74. The smallest absolute Gasteiger partial charge is 0.229 e. The maximum absolute atomic E-state index is 12.8. The Morgan fingerprint density at radius 3 is 2.65 bits per heavy atom. The first kappa shape index (κ1) is 19.0. The molecule has 1 atom stereocenters. The molecule has 1 amide bonds. The molecule has 8 heteroatoms. The molecule has 3 rings (SSSR count). The van der Waals surface area contributed by atoms with Crippen molar-refractivity contribution in [3.8, 4) is 11.5 Å². The van der Waals surface area contributed by atoms with Crippen LogP contribution in [0.3, 0.4) is 0 Å². The monoisotopic (exact) mass is 382 g/mol. The molecule has 0 aliphatic carbocycles. The number of hydrogen-bond acceptors (Lipinski definition) is 6. The number of sulfone groups is 1. The first-order valence-corrected chi connectivity index (χ1v) is 10.9. The number of carbonyl (C=O) groups excluding carboxylic acids is 1. The van der Waals surface area contributed by atoms with Gasteiger partial charge in [-0.15, -0.1) is 0 Å². The Balaban J connectivity index is 1.54. The van der Waals surface area contributed by atoms with Crippen LogP contribution in [-0.4, -0.2) is 82.6 Å². The number of hydrogen-bond donors (Lipinski definition) is 0. The molecule has 144 valence electrons. The van der Waals surface area contributed by atoms with Crippen molar-refractivity contribution in [2.24, 2.45) is 5.92 Å². The third-order valence-electron chi connectivity index (χ3n) is 4.99. The molecule has 7 nitrogen and oxygen atoms in total. The van der Waals surface area contributed by atoms with E-state index in [0.717, 1.165) is 11.3 Å². The van der Waals surface area contributed by atoms with Crippen LogP contribution in [0, 0.1) is 5.92 Å². The van der Waals surface area contributed by atoms with Crippen LogP contribution >= 0.6 is 0 Å². The van der Waals surface area contributed by atoms with Crippen LogP contribution in [0.4, 0.5) is 0 Å². The minimum absolute atomic E-state index is 0.112. The molecule has 0 N–H and O–H groups in total. The van der Waals surface area contributed by atoms with Crippen LogP contribution < -0.4 is 9.47 Å². The maximum Gasteiger partial charge on any atom is 0.229 e. The van der Waals surface area contributed by atoms with E-state index >= 15 is 0 Å². The predicted octanol–water partition coefficient (Wildman–Crippen LogP) is 0.435. The molecule has 1 fully saturated rings. The standard InChI is InChI=1S/C18H26N2O5S/c1-24-16-5-3-4-14-12-15(13-25-17(14)16)18(21)20-8-6-19(7-9-20)10-11-26(2,22)23/h3-5,15H,6-13H2,1-2H3/t15-/m0/s1. The summed E-state index contributed by atoms with van der Waals surface area (Å²) in [5.41, 5.74) is 1.00. The number of amides is 1. The van der Waals surface area contributed by atoms with Gasteiger partial charge in [-0.25, -0.2) is 8.42 Å². The third-order valence-corrected chi connectivity index (χ3v) is 5.91. The molecule has 0 saturated carbocycles. The lowest BCUT2D eigenvalue weighted by Gasteiger charge is -2.37. The van der Waals surface area contributed by atoms with E-state index in [-0.39, 0.29) is 17.6 Å². The quantitative estimate of drug-likeness (QED) is 0.735. The zero-order valence-electron chi connectivity index (χ0n) is 15.3. The summed E-state index contributed by atoms with van der Waals surface area (Å²) in [5.74, 6) is 1.53. The van der Waals surface area contributed by atoms with Gasteiger partial charge in [-0.2, -0.15) is 0 Å². The van der Waals surface area contributed by atoms with Crippen molar-refractivity contribution >= 4 is 15.7 Å². The molecule has 0 unspecified atom stereocenters. The van der Waals surface area contributed by atoms with Crippen LogP contribution in [0.2, 0.25) is 0 Å². The van der Waals surface area contributed by atoms with E-state index in [1.807, 2.05) is 23.1 Å². The maximum atomic E-state index is 12.8. The molecular formula is C18H26N2O5S. The molecule has 2 aliphatic heterocycles. The number of benzene rings is 1. The summed E-state index contributed by atoms with van der Waals surface area (Å²) in [4.78, 5) is 16.8. The van der Waals surface area contributed by atoms with Crippen molar-refractivity contribution < 1.29 is 22.7 Å². The second-order valence-corrected chi connectivity index (χ2v) is 9.22. The SMILES string of the molecule is COc1cccc2c1OC[C@@H](C(=O)N1CCN(CCS(C)(=O)=O)CC1)C2. The number of ether oxygens (including phenoxy) is 2. The highest BCUT2D eigenvalue weighted by Gasteiger charge is 2.32. The molecule has 2 aliphatic rings. The number of rotatable bonds is 5. The van der Waals surface area contributed by atoms with Crippen molar-refractivity contribution in [1.82, 2.24) is 9.80 Å². The van der Waals surface area contributed by atoms with E-state index in [2.05, 4.69) is 4.90 Å². The van der Waals surface area contributed by atoms with Gasteiger partial charge in [0.05, 0.1) is 18.8 Å². The normalized spacial score (nSPS) is 21.0. The fraction of sp³-hybridized carbons (Fsp3) is 0.611. The van der Waals surface area contributed by atoms with Crippen molar-refractivity contribution in [3.05, 3.63) is 23.8 Å². The Kier molecular flexibility index (Phi) is 5.72. The summed E-state index contributed by atoms with van der Waals surface area (Å²) < 4.78 is 33.7. The van der Waals surface area contributed by atoms with E-state index in [4.69, 9.17) is 9.47 Å². The topological polar surface area (TPSA) is 76.2 Å². The first-order chi connectivity index (χ1) is 12.4. The van der Waals surface area contributed by atoms with Crippen LogP contribution in [0.1, 0.15) is 5.56 Å². The Bertz CT molecular complexity index is 757. The highest BCUT2D eigenvalue weighted by molar-refractivity contribution is 7.90. The van der Waals surface area contributed by atoms with Crippen LogP contribution in [0.15, 0.2) is 18.2 Å². The lowest BCUT2D eigenvalue weighted by atomic mass is 9.95. The second-order valence-electron chi connectivity index (χ2n) is 6.96. The highest BCUT2D eigenvalue weighted by atomic mass is 32.2. The van der Waals surface area contributed by atoms with Crippen LogP contribution in [-0.2, 0) is 21.1 Å². The third kappa shape index (κ3) is 4.48. The molecule has 0 radical (unpaired) electrons. The summed E-state index contributed by atoms with van der Waals surface area (Å²) in [5, 5.41) is 0. The summed E-state index contributed by atoms with van der Waals surface area (Å²) in [6.07, 6.45) is 1.91. The lowest BCUT2D eigenvalue weighted by molar-refractivity contribution is -0.138. The number of methoxy groups -OCH3 is 1. The zero-order valence-corrected chi connectivity index (χ0v) is 16.1. The van der Waals surface area contributed by atoms with Crippen molar-refractivity contribution in [2.45, 2.75) is 6.42 Å². The van der Waals surface area contributed by atoms with Gasteiger partial charge in [0, 0.05) is 39.0 Å². The van der Waals surface area contributed by atoms with E-state index in [9.17, 15) is 13.2 Å². The molecule has 1 saturated heterocycles. The van der Waals surface area contributed by atoms with Gasteiger partial charge in [0.25, 0.3) is 0 Å². The molecule has 0 bridgehead atoms. The summed E-state index contributed by atoms with van der Waals surface area (Å²) in [7, 11) is -1.34. The van der Waals surface area contributed by atoms with Crippen molar-refractivity contribution in [1.29, 1.82) is 0 Å². The number of nitrogens with zero attached hydrogens (tertiary/aromatic N) is 2. The number of fused-ring (bicyclic) bond motifs is 1. The van der Waals surface area contributed by atoms with Crippen molar-refractivity contribution in [2.75, 3.05) is 58.4 Å². The van der Waals surface area contributed by atoms with Gasteiger partial charge >= 0.3 is 0 Å². The van der Waals surface area contributed by atoms with Gasteiger partial charge in [0.2, 0.25) is 5.91 Å². The molecule has 26 heavy (non-hydrogen) atoms. The van der Waals surface area contributed by atoms with Gasteiger partial charge < -0.3 is 14.4 Å². The van der Waals surface area contributed by atoms with E-state index in [1.165, 1.54) is 6.26 Å². The van der Waals surface area contributed by atoms with Gasteiger partial charge in [-0.05, 0) is 18.1 Å². The average Bonchev–Trinajstić information content (AvgIpc) is 2.64. The number of carbonyl (C=O) groups is 1. The van der Waals surface area contributed by atoms with Crippen LogP contribution in [0.25, 0.3) is 0 Å². The van der Waals surface area contributed by atoms with Crippen LogP contribution in [0.5, 0.6) is 11.5 Å². The minimum atomic E-state index is -2.95. The Labute approximate surface area is 154 Å². The van der Waals surface area contributed by atoms with Gasteiger partial charge in [0.15, 0.2) is 11.5 Å². The summed E-state index contributed by atoms with van der Waals surface area (Å²) >= 11 is 0. The van der Waals surface area contributed by atoms with Gasteiger partial charge in [-0.1, -0.05) is 12.1 Å². The first-order valence-electron chi connectivity index (χ1n) is 8.85. The predicted molar refractivity (Wildman–Crippen MR) is 98.4 cm³/mol. The van der Waals surface area contributed by atoms with Gasteiger partial charge in [-0.3, -0.25) is 9.69 Å². The number of para-hydroxylation sites is 1. The van der Waals surface area contributed by atoms with E-state index in [0.29, 0.717) is 51.5 Å². The van der Waals surface area contributed by atoms with E-state index in [1.54, 1.807) is 7.11 Å². The molecule has 0 aromatic heterocycles. The second kappa shape index (κ2) is 7.84. The van der Waals surface area contributed by atoms with E-state index < -0.39 is 9.84 Å². The molecule has 1 aromatic rings. The van der Waals surface area contributed by atoms with Crippen molar-refractivity contribution in [3.63, 3.8) is 0 Å². The van der Waals surface area contributed by atoms with Gasteiger partial charge in [0.1, 0.15) is 16.4 Å². The Hall–Kier alpha value is -1.80. The highest BCUT2D eigenvalue weighted by Crippen LogP contribution is 2.36. The minimum Gasteiger partial charge on any atom is -0.493 e. The molecular weight excluding hydrogens is 356 g/mol. The Morgan fingerprint density at radius 2 is 2.00 bits per heavy atom. The number of piperazine rings is 1. The average molecular weight is 382 g/mol. The fourth-order valence-electron chi connectivity index (χ4n) is 3.46. The molecule has 2 heterocycles. The molecule has 0 spiro atoms. The summed E-state index contributed by atoms with van der Waals surface area (Å²) in [6.45, 7) is 3.56. The molecule has 1 aromatic carbocycles. The largest absolute Gasteiger partial charge is 0.493 e. The fourth-order valence-corrected chi connectivity index (χ4v) is 4.05.